The van der Waals surface area contributed by atoms with Crippen LogP contribution in [0.2, 0.25) is 0 Å². The fourth-order valence-electron chi connectivity index (χ4n) is 2.70. The van der Waals surface area contributed by atoms with E-state index in [-0.39, 0.29) is 11.7 Å². The monoisotopic (exact) mass is 320 g/mol. The average Bonchev–Trinajstić information content (AvgIpc) is 2.57. The van der Waals surface area contributed by atoms with Crippen LogP contribution in [0.1, 0.15) is 16.7 Å². The molecule has 0 bridgehead atoms. The highest BCUT2D eigenvalue weighted by atomic mass is 16.5. The summed E-state index contributed by atoms with van der Waals surface area (Å²) in [5, 5.41) is 18.1. The molecule has 0 aromatic heterocycles. The van der Waals surface area contributed by atoms with E-state index in [2.05, 4.69) is 29.7 Å². The molecule has 0 amide bonds. The van der Waals surface area contributed by atoms with Crippen molar-refractivity contribution in [1.29, 1.82) is 5.26 Å². The number of likely N-dealkylation sites (tertiary alicyclic amines) is 1. The first-order valence-electron chi connectivity index (χ1n) is 7.95. The van der Waals surface area contributed by atoms with Crippen LogP contribution in [0.15, 0.2) is 60.9 Å². The highest BCUT2D eigenvalue weighted by molar-refractivity contribution is 5.32. The fraction of sp³-hybridized carbons (Fsp3) is 0.250. The molecule has 4 heteroatoms. The van der Waals surface area contributed by atoms with Gasteiger partial charge in [0.2, 0.25) is 0 Å². The van der Waals surface area contributed by atoms with Gasteiger partial charge in [-0.05, 0) is 35.4 Å². The second-order valence-electron chi connectivity index (χ2n) is 6.12. The molecule has 2 aromatic carbocycles. The Morgan fingerprint density at radius 1 is 1.12 bits per heavy atom. The molecule has 0 saturated carbocycles. The lowest BCUT2D eigenvalue weighted by Crippen LogP contribution is -2.46. The maximum Gasteiger partial charge on any atom is 0.119 e. The quantitative estimate of drug-likeness (QED) is 0.826. The van der Waals surface area contributed by atoms with Gasteiger partial charge in [0, 0.05) is 25.6 Å². The molecule has 0 radical (unpaired) electrons. The van der Waals surface area contributed by atoms with Crippen molar-refractivity contribution in [1.82, 2.24) is 4.90 Å². The molecule has 1 aliphatic heterocycles. The SMILES string of the molecule is C=C(O)C1CN(Cc2ccc(OCc3ccc(C#N)cc3)cc2)C1. The van der Waals surface area contributed by atoms with Crippen molar-refractivity contribution in [3.63, 3.8) is 0 Å². The molecule has 1 N–H and O–H groups in total. The van der Waals surface area contributed by atoms with Gasteiger partial charge in [-0.25, -0.2) is 0 Å². The first kappa shape index (κ1) is 16.1. The predicted molar refractivity (Wildman–Crippen MR) is 92.5 cm³/mol. The molecule has 0 aliphatic carbocycles. The van der Waals surface area contributed by atoms with Gasteiger partial charge in [-0.2, -0.15) is 5.26 Å². The topological polar surface area (TPSA) is 56.5 Å². The number of hydrogen-bond acceptors (Lipinski definition) is 4. The van der Waals surface area contributed by atoms with E-state index in [1.807, 2.05) is 24.3 Å². The van der Waals surface area contributed by atoms with E-state index in [0.29, 0.717) is 12.2 Å². The molecule has 0 spiro atoms. The Kier molecular flexibility index (Phi) is 4.83. The summed E-state index contributed by atoms with van der Waals surface area (Å²) in [7, 11) is 0. The largest absolute Gasteiger partial charge is 0.513 e. The van der Waals surface area contributed by atoms with Crippen LogP contribution in [0.25, 0.3) is 0 Å². The van der Waals surface area contributed by atoms with Crippen molar-refractivity contribution >= 4 is 0 Å². The van der Waals surface area contributed by atoms with Crippen LogP contribution >= 0.6 is 0 Å². The van der Waals surface area contributed by atoms with E-state index in [1.54, 1.807) is 12.1 Å². The summed E-state index contributed by atoms with van der Waals surface area (Å²) >= 11 is 0. The normalized spacial score (nSPS) is 14.6. The molecule has 0 atom stereocenters. The molecule has 3 rings (SSSR count). The third kappa shape index (κ3) is 3.95. The Balaban J connectivity index is 1.48. The summed E-state index contributed by atoms with van der Waals surface area (Å²) < 4.78 is 5.77. The van der Waals surface area contributed by atoms with Gasteiger partial charge < -0.3 is 9.84 Å². The third-order valence-corrected chi connectivity index (χ3v) is 4.25. The van der Waals surface area contributed by atoms with Gasteiger partial charge in [0.25, 0.3) is 0 Å². The highest BCUT2D eigenvalue weighted by Crippen LogP contribution is 2.23. The number of aliphatic hydroxyl groups is 1. The molecule has 122 valence electrons. The van der Waals surface area contributed by atoms with Crippen molar-refractivity contribution in [2.75, 3.05) is 13.1 Å². The van der Waals surface area contributed by atoms with Crippen molar-refractivity contribution in [2.45, 2.75) is 13.2 Å². The van der Waals surface area contributed by atoms with Gasteiger partial charge in [0.15, 0.2) is 0 Å². The van der Waals surface area contributed by atoms with Crippen LogP contribution in [-0.4, -0.2) is 23.1 Å². The van der Waals surface area contributed by atoms with E-state index in [0.717, 1.165) is 30.9 Å². The minimum absolute atomic E-state index is 0.222. The van der Waals surface area contributed by atoms with Crippen LogP contribution in [0, 0.1) is 17.2 Å². The number of hydrogen-bond donors (Lipinski definition) is 1. The van der Waals surface area contributed by atoms with E-state index in [9.17, 15) is 5.11 Å². The van der Waals surface area contributed by atoms with Gasteiger partial charge in [-0.3, -0.25) is 4.90 Å². The molecule has 1 fully saturated rings. The van der Waals surface area contributed by atoms with Gasteiger partial charge in [-0.15, -0.1) is 0 Å². The summed E-state index contributed by atoms with van der Waals surface area (Å²) in [6.45, 7) is 6.67. The number of aliphatic hydroxyl groups excluding tert-OH is 1. The van der Waals surface area contributed by atoms with Gasteiger partial charge in [0.05, 0.1) is 17.4 Å². The molecular formula is C20H20N2O2. The molecule has 24 heavy (non-hydrogen) atoms. The summed E-state index contributed by atoms with van der Waals surface area (Å²) in [4.78, 5) is 2.28. The van der Waals surface area contributed by atoms with Crippen molar-refractivity contribution in [3.05, 3.63) is 77.6 Å². The number of ether oxygens (including phenoxy) is 1. The van der Waals surface area contributed by atoms with Crippen molar-refractivity contribution in [3.8, 4) is 11.8 Å². The van der Waals surface area contributed by atoms with Crippen molar-refractivity contribution < 1.29 is 9.84 Å². The first-order valence-corrected chi connectivity index (χ1v) is 7.95. The maximum atomic E-state index is 9.32. The maximum absolute atomic E-state index is 9.32. The zero-order valence-electron chi connectivity index (χ0n) is 13.5. The Labute approximate surface area is 142 Å². The molecule has 4 nitrogen and oxygen atoms in total. The summed E-state index contributed by atoms with van der Waals surface area (Å²) in [5.41, 5.74) is 2.91. The lowest BCUT2D eigenvalue weighted by Gasteiger charge is -2.38. The Morgan fingerprint density at radius 3 is 2.33 bits per heavy atom. The van der Waals surface area contributed by atoms with E-state index < -0.39 is 0 Å². The fourth-order valence-corrected chi connectivity index (χ4v) is 2.70. The molecule has 1 saturated heterocycles. The van der Waals surface area contributed by atoms with Gasteiger partial charge in [0.1, 0.15) is 12.4 Å². The zero-order valence-corrected chi connectivity index (χ0v) is 13.5. The minimum Gasteiger partial charge on any atom is -0.513 e. The molecule has 0 unspecified atom stereocenters. The van der Waals surface area contributed by atoms with Gasteiger partial charge >= 0.3 is 0 Å². The summed E-state index contributed by atoms with van der Waals surface area (Å²) in [6.07, 6.45) is 0. The Bertz CT molecular complexity index is 739. The number of rotatable bonds is 6. The van der Waals surface area contributed by atoms with E-state index in [4.69, 9.17) is 10.00 Å². The zero-order chi connectivity index (χ0) is 16.9. The van der Waals surface area contributed by atoms with Gasteiger partial charge in [-0.1, -0.05) is 30.8 Å². The summed E-state index contributed by atoms with van der Waals surface area (Å²) in [6, 6.07) is 17.6. The smallest absolute Gasteiger partial charge is 0.119 e. The van der Waals surface area contributed by atoms with Crippen LogP contribution in [-0.2, 0) is 13.2 Å². The lowest BCUT2D eigenvalue weighted by molar-refractivity contribution is 0.0863. The third-order valence-electron chi connectivity index (χ3n) is 4.25. The summed E-state index contributed by atoms with van der Waals surface area (Å²) in [5.74, 6) is 1.34. The first-order chi connectivity index (χ1) is 11.6. The van der Waals surface area contributed by atoms with E-state index in [1.165, 1.54) is 5.56 Å². The average molecular weight is 320 g/mol. The second kappa shape index (κ2) is 7.20. The van der Waals surface area contributed by atoms with Crippen LogP contribution in [0.4, 0.5) is 0 Å². The predicted octanol–water partition coefficient (Wildman–Crippen LogP) is 3.64. The number of nitriles is 1. The minimum atomic E-state index is 0.222. The molecular weight excluding hydrogens is 300 g/mol. The van der Waals surface area contributed by atoms with Crippen LogP contribution in [0.5, 0.6) is 5.75 Å². The van der Waals surface area contributed by atoms with Crippen LogP contribution < -0.4 is 4.74 Å². The number of benzene rings is 2. The Morgan fingerprint density at radius 2 is 1.75 bits per heavy atom. The second-order valence-corrected chi connectivity index (χ2v) is 6.12. The highest BCUT2D eigenvalue weighted by Gasteiger charge is 2.28. The molecule has 1 heterocycles. The number of nitrogens with zero attached hydrogens (tertiary/aromatic N) is 2. The molecule has 2 aromatic rings. The van der Waals surface area contributed by atoms with Crippen molar-refractivity contribution in [2.24, 2.45) is 5.92 Å². The van der Waals surface area contributed by atoms with Crippen LogP contribution in [0.3, 0.4) is 0 Å². The Hall–Kier alpha value is -2.77. The standard InChI is InChI=1S/C20H20N2O2/c1-15(23)19-12-22(13-19)11-17-6-8-20(9-7-17)24-14-18-4-2-16(10-21)3-5-18/h2-9,19,23H,1,11-14H2. The lowest BCUT2D eigenvalue weighted by atomic mass is 9.98. The van der Waals surface area contributed by atoms with E-state index >= 15 is 0 Å². The molecule has 1 aliphatic rings.